The first kappa shape index (κ1) is 15.0. The molecule has 0 spiro atoms. The van der Waals surface area contributed by atoms with Gasteiger partial charge in [0.25, 0.3) is 0 Å². The van der Waals surface area contributed by atoms with E-state index in [1.165, 1.54) is 0 Å². The third kappa shape index (κ3) is 4.28. The van der Waals surface area contributed by atoms with E-state index in [9.17, 15) is 9.59 Å². The maximum Gasteiger partial charge on any atom is 0.375 e. The van der Waals surface area contributed by atoms with Crippen LogP contribution in [0, 0.1) is 13.8 Å². The monoisotopic (exact) mass is 282 g/mol. The summed E-state index contributed by atoms with van der Waals surface area (Å²) in [5.74, 6) is -1.30. The second-order valence-corrected chi connectivity index (χ2v) is 5.08. The van der Waals surface area contributed by atoms with Gasteiger partial charge in [-0.05, 0) is 36.1 Å². The van der Waals surface area contributed by atoms with Crippen molar-refractivity contribution in [2.75, 3.05) is 0 Å². The van der Waals surface area contributed by atoms with E-state index in [0.29, 0.717) is 0 Å². The summed E-state index contributed by atoms with van der Waals surface area (Å²) >= 11 is 0. The molecule has 0 saturated heterocycles. The van der Waals surface area contributed by atoms with Crippen LogP contribution in [0.5, 0.6) is 0 Å². The minimum Gasteiger partial charge on any atom is -0.455 e. The first-order chi connectivity index (χ1) is 10.1. The van der Waals surface area contributed by atoms with Crippen LogP contribution in [0.3, 0.4) is 0 Å². The Morgan fingerprint density at radius 3 is 2.29 bits per heavy atom. The SMILES string of the molecule is Cc1ccc(CC(=O)C(=O)OCc2ccccc2)cc1C. The Labute approximate surface area is 124 Å². The van der Waals surface area contributed by atoms with Crippen LogP contribution in [0.25, 0.3) is 0 Å². The lowest BCUT2D eigenvalue weighted by atomic mass is 10.0. The molecule has 21 heavy (non-hydrogen) atoms. The molecule has 0 heterocycles. The summed E-state index contributed by atoms with van der Waals surface area (Å²) in [6.45, 7) is 4.12. The minimum absolute atomic E-state index is 0.0781. The number of benzene rings is 2. The highest BCUT2D eigenvalue weighted by molar-refractivity contribution is 6.34. The summed E-state index contributed by atoms with van der Waals surface area (Å²) in [5, 5.41) is 0. The fraction of sp³-hybridized carbons (Fsp3) is 0.222. The minimum atomic E-state index is -0.780. The van der Waals surface area contributed by atoms with Crippen LogP contribution in [0.2, 0.25) is 0 Å². The predicted octanol–water partition coefficient (Wildman–Crippen LogP) is 3.16. The molecule has 2 aromatic rings. The maximum atomic E-state index is 11.9. The summed E-state index contributed by atoms with van der Waals surface area (Å²) < 4.78 is 5.03. The zero-order valence-electron chi connectivity index (χ0n) is 12.3. The number of ether oxygens (including phenoxy) is 1. The van der Waals surface area contributed by atoms with E-state index in [4.69, 9.17) is 4.74 Å². The summed E-state index contributed by atoms with van der Waals surface area (Å²) in [5.41, 5.74) is 3.97. The molecule has 0 bridgehead atoms. The molecule has 0 aromatic heterocycles. The molecule has 2 rings (SSSR count). The summed E-state index contributed by atoms with van der Waals surface area (Å²) in [4.78, 5) is 23.6. The average molecular weight is 282 g/mol. The highest BCUT2D eigenvalue weighted by Crippen LogP contribution is 2.11. The van der Waals surface area contributed by atoms with Crippen LogP contribution in [0.4, 0.5) is 0 Å². The van der Waals surface area contributed by atoms with E-state index in [0.717, 1.165) is 22.3 Å². The Morgan fingerprint density at radius 2 is 1.62 bits per heavy atom. The zero-order valence-corrected chi connectivity index (χ0v) is 12.3. The Bertz CT molecular complexity index is 645. The fourth-order valence-electron chi connectivity index (χ4n) is 1.97. The van der Waals surface area contributed by atoms with Crippen LogP contribution < -0.4 is 0 Å². The Balaban J connectivity index is 1.90. The van der Waals surface area contributed by atoms with Crippen molar-refractivity contribution in [3.05, 3.63) is 70.8 Å². The number of aryl methyl sites for hydroxylation is 2. The normalized spacial score (nSPS) is 10.2. The highest BCUT2D eigenvalue weighted by atomic mass is 16.5. The van der Waals surface area contributed by atoms with Gasteiger partial charge in [0.15, 0.2) is 0 Å². The van der Waals surface area contributed by atoms with Crippen molar-refractivity contribution in [2.45, 2.75) is 26.9 Å². The van der Waals surface area contributed by atoms with E-state index in [1.807, 2.05) is 62.4 Å². The average Bonchev–Trinajstić information content (AvgIpc) is 2.49. The van der Waals surface area contributed by atoms with Crippen molar-refractivity contribution in [1.82, 2.24) is 0 Å². The molecule has 3 heteroatoms. The molecule has 0 N–H and O–H groups in total. The van der Waals surface area contributed by atoms with Crippen molar-refractivity contribution in [3.8, 4) is 0 Å². The van der Waals surface area contributed by atoms with Crippen LogP contribution in [0.1, 0.15) is 22.3 Å². The molecule has 3 nitrogen and oxygen atoms in total. The van der Waals surface area contributed by atoms with E-state index in [2.05, 4.69) is 0 Å². The van der Waals surface area contributed by atoms with E-state index < -0.39 is 11.8 Å². The van der Waals surface area contributed by atoms with Crippen molar-refractivity contribution in [2.24, 2.45) is 0 Å². The summed E-state index contributed by atoms with van der Waals surface area (Å²) in [6.07, 6.45) is 0.0781. The number of carbonyl (C=O) groups excluding carboxylic acids is 2. The largest absolute Gasteiger partial charge is 0.455 e. The van der Waals surface area contributed by atoms with Crippen LogP contribution in [-0.2, 0) is 27.4 Å². The van der Waals surface area contributed by atoms with E-state index >= 15 is 0 Å². The second kappa shape index (κ2) is 6.84. The maximum absolute atomic E-state index is 11.9. The number of Topliss-reactive ketones (excluding diaryl/α,β-unsaturated/α-hetero) is 1. The molecule has 2 aromatic carbocycles. The van der Waals surface area contributed by atoms with Crippen LogP contribution in [-0.4, -0.2) is 11.8 Å². The molecule has 0 aliphatic carbocycles. The molecular formula is C18H18O3. The quantitative estimate of drug-likeness (QED) is 0.625. The van der Waals surface area contributed by atoms with Gasteiger partial charge in [-0.2, -0.15) is 0 Å². The Hall–Kier alpha value is -2.42. The number of hydrogen-bond donors (Lipinski definition) is 0. The first-order valence-electron chi connectivity index (χ1n) is 6.86. The van der Waals surface area contributed by atoms with Gasteiger partial charge < -0.3 is 4.74 Å². The third-order valence-corrected chi connectivity index (χ3v) is 3.38. The van der Waals surface area contributed by atoms with Gasteiger partial charge in [-0.3, -0.25) is 4.79 Å². The molecule has 0 saturated carbocycles. The highest BCUT2D eigenvalue weighted by Gasteiger charge is 2.16. The fourth-order valence-corrected chi connectivity index (χ4v) is 1.97. The van der Waals surface area contributed by atoms with Crippen LogP contribution >= 0.6 is 0 Å². The van der Waals surface area contributed by atoms with Crippen molar-refractivity contribution in [1.29, 1.82) is 0 Å². The molecule has 0 aliphatic rings. The Morgan fingerprint density at radius 1 is 0.905 bits per heavy atom. The van der Waals surface area contributed by atoms with Crippen molar-refractivity contribution < 1.29 is 14.3 Å². The number of ketones is 1. The predicted molar refractivity (Wildman–Crippen MR) is 80.9 cm³/mol. The molecule has 108 valence electrons. The number of hydrogen-bond acceptors (Lipinski definition) is 3. The Kier molecular flexibility index (Phi) is 4.88. The van der Waals surface area contributed by atoms with Crippen molar-refractivity contribution in [3.63, 3.8) is 0 Å². The van der Waals surface area contributed by atoms with Gasteiger partial charge in [0.05, 0.1) is 0 Å². The standard InChI is InChI=1S/C18H18O3/c1-13-8-9-16(10-14(13)2)11-17(19)18(20)21-12-15-6-4-3-5-7-15/h3-10H,11-12H2,1-2H3. The van der Waals surface area contributed by atoms with Gasteiger partial charge >= 0.3 is 5.97 Å². The number of carbonyl (C=O) groups is 2. The molecular weight excluding hydrogens is 264 g/mol. The first-order valence-corrected chi connectivity index (χ1v) is 6.86. The lowest BCUT2D eigenvalue weighted by molar-refractivity contribution is -0.154. The van der Waals surface area contributed by atoms with Gasteiger partial charge in [0.1, 0.15) is 6.61 Å². The topological polar surface area (TPSA) is 43.4 Å². The lowest BCUT2D eigenvalue weighted by Gasteiger charge is -2.06. The summed E-state index contributed by atoms with van der Waals surface area (Å²) in [7, 11) is 0. The molecule has 0 amide bonds. The van der Waals surface area contributed by atoms with Gasteiger partial charge in [0.2, 0.25) is 5.78 Å². The molecule has 0 aliphatic heterocycles. The van der Waals surface area contributed by atoms with Gasteiger partial charge in [-0.15, -0.1) is 0 Å². The van der Waals surface area contributed by atoms with Crippen molar-refractivity contribution >= 4 is 11.8 Å². The molecule has 0 radical (unpaired) electrons. The smallest absolute Gasteiger partial charge is 0.375 e. The molecule has 0 atom stereocenters. The number of rotatable bonds is 5. The molecule has 0 fully saturated rings. The van der Waals surface area contributed by atoms with E-state index in [1.54, 1.807) is 0 Å². The number of esters is 1. The molecule has 0 unspecified atom stereocenters. The van der Waals surface area contributed by atoms with E-state index in [-0.39, 0.29) is 13.0 Å². The second-order valence-electron chi connectivity index (χ2n) is 5.08. The van der Waals surface area contributed by atoms with Gasteiger partial charge in [-0.25, -0.2) is 4.79 Å². The van der Waals surface area contributed by atoms with Gasteiger partial charge in [-0.1, -0.05) is 48.5 Å². The lowest BCUT2D eigenvalue weighted by Crippen LogP contribution is -2.19. The summed E-state index contributed by atoms with van der Waals surface area (Å²) in [6, 6.07) is 15.0. The zero-order chi connectivity index (χ0) is 15.2. The third-order valence-electron chi connectivity index (χ3n) is 3.38. The van der Waals surface area contributed by atoms with Gasteiger partial charge in [0, 0.05) is 6.42 Å². The van der Waals surface area contributed by atoms with Crippen LogP contribution in [0.15, 0.2) is 48.5 Å².